The van der Waals surface area contributed by atoms with E-state index in [-0.39, 0.29) is 17.3 Å². The Bertz CT molecular complexity index is 546. The van der Waals surface area contributed by atoms with Crippen LogP contribution in [-0.2, 0) is 4.74 Å². The number of hydrogen-bond donors (Lipinski definition) is 2. The number of halogens is 1. The standard InChI is InChI=1S/C16H22FN3O2S/c17-13-3-1-2-4-14(13)19-15(21)18-11-16(5-10-23-12-16)20-6-8-22-9-7-20/h1-4H,5-12H2,(H2,18,19,21)/t16-/m1/s1. The summed E-state index contributed by atoms with van der Waals surface area (Å²) >= 11 is 1.92. The molecule has 126 valence electrons. The van der Waals surface area contributed by atoms with Crippen molar-refractivity contribution in [1.82, 2.24) is 10.2 Å². The number of nitrogens with zero attached hydrogens (tertiary/aromatic N) is 1. The highest BCUT2D eigenvalue weighted by Crippen LogP contribution is 2.33. The number of nitrogens with one attached hydrogen (secondary N) is 2. The fourth-order valence-corrected chi connectivity index (χ4v) is 4.59. The fraction of sp³-hybridized carbons (Fsp3) is 0.562. The fourth-order valence-electron chi connectivity index (χ4n) is 3.11. The summed E-state index contributed by atoms with van der Waals surface area (Å²) in [5.74, 6) is 1.68. The number of carbonyl (C=O) groups excluding carboxylic acids is 1. The molecule has 0 saturated carbocycles. The van der Waals surface area contributed by atoms with Gasteiger partial charge < -0.3 is 15.4 Å². The Morgan fingerprint density at radius 1 is 1.35 bits per heavy atom. The molecule has 0 aliphatic carbocycles. The number of morpholine rings is 1. The Hall–Kier alpha value is -1.31. The van der Waals surface area contributed by atoms with Crippen molar-refractivity contribution in [2.24, 2.45) is 0 Å². The van der Waals surface area contributed by atoms with Crippen LogP contribution in [0.25, 0.3) is 0 Å². The van der Waals surface area contributed by atoms with Gasteiger partial charge in [-0.15, -0.1) is 0 Å². The molecule has 5 nitrogen and oxygen atoms in total. The van der Waals surface area contributed by atoms with E-state index in [4.69, 9.17) is 4.74 Å². The maximum Gasteiger partial charge on any atom is 0.319 e. The Kier molecular flexibility index (Phi) is 5.40. The third-order valence-corrected chi connectivity index (χ3v) is 5.70. The van der Waals surface area contributed by atoms with Gasteiger partial charge in [0.05, 0.1) is 18.9 Å². The number of amides is 2. The number of ether oxygens (including phenoxy) is 1. The van der Waals surface area contributed by atoms with Gasteiger partial charge in [-0.2, -0.15) is 11.8 Å². The predicted molar refractivity (Wildman–Crippen MR) is 90.5 cm³/mol. The second kappa shape index (κ2) is 7.51. The number of urea groups is 1. The van der Waals surface area contributed by atoms with Gasteiger partial charge in [0, 0.05) is 30.9 Å². The highest BCUT2D eigenvalue weighted by atomic mass is 32.2. The van der Waals surface area contributed by atoms with Gasteiger partial charge in [-0.25, -0.2) is 9.18 Å². The summed E-state index contributed by atoms with van der Waals surface area (Å²) in [5.41, 5.74) is 0.187. The molecular weight excluding hydrogens is 317 g/mol. The lowest BCUT2D eigenvalue weighted by Gasteiger charge is -2.43. The van der Waals surface area contributed by atoms with E-state index in [2.05, 4.69) is 15.5 Å². The van der Waals surface area contributed by atoms with Gasteiger partial charge in [0.2, 0.25) is 0 Å². The van der Waals surface area contributed by atoms with Crippen LogP contribution < -0.4 is 10.6 Å². The Morgan fingerprint density at radius 2 is 2.13 bits per heavy atom. The summed E-state index contributed by atoms with van der Waals surface area (Å²) in [4.78, 5) is 14.5. The molecule has 0 spiro atoms. The molecule has 0 radical (unpaired) electrons. The van der Waals surface area contributed by atoms with E-state index in [1.165, 1.54) is 6.07 Å². The molecule has 2 aliphatic rings. The average Bonchev–Trinajstić information content (AvgIpc) is 3.06. The number of hydrogen-bond acceptors (Lipinski definition) is 4. The molecule has 0 unspecified atom stereocenters. The van der Waals surface area contributed by atoms with Crippen LogP contribution in [0.15, 0.2) is 24.3 Å². The van der Waals surface area contributed by atoms with Crippen molar-refractivity contribution < 1.29 is 13.9 Å². The van der Waals surface area contributed by atoms with Crippen LogP contribution in [0, 0.1) is 5.82 Å². The Labute approximate surface area is 139 Å². The normalized spacial score (nSPS) is 25.3. The monoisotopic (exact) mass is 339 g/mol. The van der Waals surface area contributed by atoms with E-state index < -0.39 is 5.82 Å². The van der Waals surface area contributed by atoms with Gasteiger partial charge in [-0.3, -0.25) is 4.90 Å². The molecule has 3 rings (SSSR count). The van der Waals surface area contributed by atoms with Crippen LogP contribution in [-0.4, -0.2) is 60.8 Å². The van der Waals surface area contributed by atoms with Crippen molar-refractivity contribution in [2.45, 2.75) is 12.0 Å². The van der Waals surface area contributed by atoms with Gasteiger partial charge in [0.15, 0.2) is 0 Å². The van der Waals surface area contributed by atoms with Crippen LogP contribution >= 0.6 is 11.8 Å². The minimum Gasteiger partial charge on any atom is -0.379 e. The van der Waals surface area contributed by atoms with Crippen molar-refractivity contribution in [1.29, 1.82) is 0 Å². The van der Waals surface area contributed by atoms with E-state index >= 15 is 0 Å². The number of anilines is 1. The van der Waals surface area contributed by atoms with Crippen LogP contribution in [0.3, 0.4) is 0 Å². The maximum atomic E-state index is 13.6. The van der Waals surface area contributed by atoms with Gasteiger partial charge in [0.1, 0.15) is 5.82 Å². The van der Waals surface area contributed by atoms with Crippen molar-refractivity contribution in [3.63, 3.8) is 0 Å². The van der Waals surface area contributed by atoms with E-state index in [0.29, 0.717) is 6.54 Å². The number of carbonyl (C=O) groups is 1. The average molecular weight is 339 g/mol. The lowest BCUT2D eigenvalue weighted by molar-refractivity contribution is -0.0123. The summed E-state index contributed by atoms with van der Waals surface area (Å²) < 4.78 is 19.0. The van der Waals surface area contributed by atoms with Gasteiger partial charge in [0.25, 0.3) is 0 Å². The van der Waals surface area contributed by atoms with Gasteiger partial charge >= 0.3 is 6.03 Å². The van der Waals surface area contributed by atoms with E-state index in [1.54, 1.807) is 18.2 Å². The highest BCUT2D eigenvalue weighted by molar-refractivity contribution is 7.99. The minimum absolute atomic E-state index is 0.0129. The van der Waals surface area contributed by atoms with Crippen LogP contribution in [0.5, 0.6) is 0 Å². The predicted octanol–water partition coefficient (Wildman–Crippen LogP) is 2.16. The molecule has 2 amide bonds. The number of rotatable bonds is 4. The molecule has 2 fully saturated rings. The molecule has 0 bridgehead atoms. The van der Waals surface area contributed by atoms with Crippen molar-refractivity contribution in [3.8, 4) is 0 Å². The van der Waals surface area contributed by atoms with Gasteiger partial charge in [-0.1, -0.05) is 12.1 Å². The number of para-hydroxylation sites is 1. The van der Waals surface area contributed by atoms with Crippen molar-refractivity contribution in [2.75, 3.05) is 49.7 Å². The molecular formula is C16H22FN3O2S. The first-order chi connectivity index (χ1) is 11.2. The Morgan fingerprint density at radius 3 is 2.83 bits per heavy atom. The zero-order valence-electron chi connectivity index (χ0n) is 13.0. The SMILES string of the molecule is O=C(NC[C@]1(N2CCOCC2)CCSC1)Nc1ccccc1F. The quantitative estimate of drug-likeness (QED) is 0.883. The minimum atomic E-state index is -0.429. The topological polar surface area (TPSA) is 53.6 Å². The first kappa shape index (κ1) is 16.5. The zero-order valence-corrected chi connectivity index (χ0v) is 13.8. The first-order valence-electron chi connectivity index (χ1n) is 7.90. The molecule has 0 aromatic heterocycles. The molecule has 2 saturated heterocycles. The van der Waals surface area contributed by atoms with Crippen molar-refractivity contribution >= 4 is 23.5 Å². The lowest BCUT2D eigenvalue weighted by Crippen LogP contribution is -2.59. The second-order valence-electron chi connectivity index (χ2n) is 5.91. The van der Waals surface area contributed by atoms with Crippen molar-refractivity contribution in [3.05, 3.63) is 30.1 Å². The number of benzene rings is 1. The van der Waals surface area contributed by atoms with E-state index in [1.807, 2.05) is 11.8 Å². The smallest absolute Gasteiger partial charge is 0.319 e. The molecule has 23 heavy (non-hydrogen) atoms. The Balaban J connectivity index is 1.58. The van der Waals surface area contributed by atoms with E-state index in [9.17, 15) is 9.18 Å². The summed E-state index contributed by atoms with van der Waals surface area (Å²) in [7, 11) is 0. The summed E-state index contributed by atoms with van der Waals surface area (Å²) in [6.07, 6.45) is 1.05. The molecule has 2 heterocycles. The first-order valence-corrected chi connectivity index (χ1v) is 9.05. The molecule has 2 N–H and O–H groups in total. The molecule has 1 atom stereocenters. The molecule has 1 aromatic rings. The number of thioether (sulfide) groups is 1. The summed E-state index contributed by atoms with van der Waals surface area (Å²) in [6.45, 7) is 3.86. The van der Waals surface area contributed by atoms with Gasteiger partial charge in [-0.05, 0) is 24.3 Å². The maximum absolute atomic E-state index is 13.6. The van der Waals surface area contributed by atoms with Crippen LogP contribution in [0.4, 0.5) is 14.9 Å². The zero-order chi connectivity index (χ0) is 16.1. The third kappa shape index (κ3) is 3.97. The highest BCUT2D eigenvalue weighted by Gasteiger charge is 2.40. The summed E-state index contributed by atoms with van der Waals surface area (Å²) in [6, 6.07) is 5.82. The molecule has 2 aliphatic heterocycles. The molecule has 7 heteroatoms. The van der Waals surface area contributed by atoms with Crippen LogP contribution in [0.2, 0.25) is 0 Å². The summed E-state index contributed by atoms with van der Waals surface area (Å²) in [5, 5.41) is 5.51. The molecule has 1 aromatic carbocycles. The largest absolute Gasteiger partial charge is 0.379 e. The van der Waals surface area contributed by atoms with Crippen LogP contribution in [0.1, 0.15) is 6.42 Å². The lowest BCUT2D eigenvalue weighted by atomic mass is 9.95. The van der Waals surface area contributed by atoms with E-state index in [0.717, 1.165) is 44.2 Å². The third-order valence-electron chi connectivity index (χ3n) is 4.46. The second-order valence-corrected chi connectivity index (χ2v) is 7.02.